The van der Waals surface area contributed by atoms with Crippen LogP contribution in [0.2, 0.25) is 0 Å². The molecule has 2 aromatic rings. The van der Waals surface area contributed by atoms with Crippen LogP contribution in [-0.4, -0.2) is 40.8 Å². The van der Waals surface area contributed by atoms with Crippen LogP contribution >= 0.6 is 11.3 Å². The SMILES string of the molecule is CC(Cc1cccs1)C(=O)N1CCOCC1c1nnc(C(C)C)o1. The summed E-state index contributed by atoms with van der Waals surface area (Å²) in [5.74, 6) is 1.25. The maximum atomic E-state index is 12.9. The first kappa shape index (κ1) is 17.1. The summed E-state index contributed by atoms with van der Waals surface area (Å²) in [4.78, 5) is 16.0. The highest BCUT2D eigenvalue weighted by Crippen LogP contribution is 2.27. The van der Waals surface area contributed by atoms with Crippen molar-refractivity contribution >= 4 is 17.2 Å². The normalized spacial score (nSPS) is 19.7. The summed E-state index contributed by atoms with van der Waals surface area (Å²) >= 11 is 1.68. The predicted octanol–water partition coefficient (Wildman–Crippen LogP) is 3.03. The number of thiophene rings is 1. The second kappa shape index (κ2) is 7.44. The molecule has 7 heteroatoms. The van der Waals surface area contributed by atoms with Crippen molar-refractivity contribution in [2.45, 2.75) is 39.2 Å². The fourth-order valence-corrected chi connectivity index (χ4v) is 3.62. The average Bonchev–Trinajstić information content (AvgIpc) is 3.25. The number of carbonyl (C=O) groups excluding carboxylic acids is 1. The molecule has 2 unspecified atom stereocenters. The molecule has 24 heavy (non-hydrogen) atoms. The molecule has 0 N–H and O–H groups in total. The highest BCUT2D eigenvalue weighted by molar-refractivity contribution is 7.09. The van der Waals surface area contributed by atoms with E-state index in [9.17, 15) is 4.79 Å². The average molecular weight is 349 g/mol. The van der Waals surface area contributed by atoms with Crippen LogP contribution in [0.4, 0.5) is 0 Å². The van der Waals surface area contributed by atoms with Gasteiger partial charge in [-0.1, -0.05) is 26.8 Å². The van der Waals surface area contributed by atoms with E-state index in [-0.39, 0.29) is 23.8 Å². The van der Waals surface area contributed by atoms with Gasteiger partial charge >= 0.3 is 0 Å². The molecule has 0 saturated carbocycles. The van der Waals surface area contributed by atoms with Crippen molar-refractivity contribution in [3.8, 4) is 0 Å². The van der Waals surface area contributed by atoms with Gasteiger partial charge in [-0.2, -0.15) is 0 Å². The minimum absolute atomic E-state index is 0.0864. The molecular formula is C17H23N3O3S. The first-order chi connectivity index (χ1) is 11.6. The molecule has 3 rings (SSSR count). The summed E-state index contributed by atoms with van der Waals surface area (Å²) in [6.07, 6.45) is 0.752. The van der Waals surface area contributed by atoms with Gasteiger partial charge in [-0.3, -0.25) is 4.79 Å². The van der Waals surface area contributed by atoms with Crippen molar-refractivity contribution in [3.63, 3.8) is 0 Å². The molecular weight excluding hydrogens is 326 g/mol. The summed E-state index contributed by atoms with van der Waals surface area (Å²) in [6.45, 7) is 7.47. The third-order valence-corrected chi connectivity index (χ3v) is 5.05. The molecule has 1 aliphatic rings. The maximum absolute atomic E-state index is 12.9. The zero-order valence-corrected chi connectivity index (χ0v) is 15.1. The fraction of sp³-hybridized carbons (Fsp3) is 0.588. The van der Waals surface area contributed by atoms with Gasteiger partial charge in [-0.05, 0) is 17.9 Å². The highest BCUT2D eigenvalue weighted by Gasteiger charge is 2.34. The number of aromatic nitrogens is 2. The van der Waals surface area contributed by atoms with Gasteiger partial charge in [0, 0.05) is 23.3 Å². The van der Waals surface area contributed by atoms with Gasteiger partial charge in [0.2, 0.25) is 17.7 Å². The molecule has 0 radical (unpaired) electrons. The molecule has 6 nitrogen and oxygen atoms in total. The number of ether oxygens (including phenoxy) is 1. The number of carbonyl (C=O) groups is 1. The van der Waals surface area contributed by atoms with Crippen LogP contribution in [0.5, 0.6) is 0 Å². The molecule has 1 saturated heterocycles. The second-order valence-corrected chi connectivity index (χ2v) is 7.47. The predicted molar refractivity (Wildman–Crippen MR) is 90.8 cm³/mol. The smallest absolute Gasteiger partial charge is 0.241 e. The molecule has 1 aliphatic heterocycles. The number of hydrogen-bond donors (Lipinski definition) is 0. The minimum atomic E-state index is -0.294. The minimum Gasteiger partial charge on any atom is -0.423 e. The molecule has 2 aromatic heterocycles. The van der Waals surface area contributed by atoms with Crippen molar-refractivity contribution in [1.82, 2.24) is 15.1 Å². The van der Waals surface area contributed by atoms with E-state index in [0.29, 0.717) is 31.5 Å². The Morgan fingerprint density at radius 3 is 2.92 bits per heavy atom. The van der Waals surface area contributed by atoms with Gasteiger partial charge < -0.3 is 14.1 Å². The largest absolute Gasteiger partial charge is 0.423 e. The van der Waals surface area contributed by atoms with Gasteiger partial charge in [-0.15, -0.1) is 21.5 Å². The summed E-state index contributed by atoms with van der Waals surface area (Å²) < 4.78 is 11.3. The van der Waals surface area contributed by atoms with Crippen LogP contribution in [0.1, 0.15) is 49.4 Å². The van der Waals surface area contributed by atoms with Crippen molar-refractivity contribution in [3.05, 3.63) is 34.2 Å². The Bertz CT molecular complexity index is 668. The van der Waals surface area contributed by atoms with E-state index in [0.717, 1.165) is 6.42 Å². The standard InChI is InChI=1S/C17H23N3O3S/c1-11(2)15-18-19-16(23-15)14-10-22-7-6-20(14)17(21)12(3)9-13-5-4-8-24-13/h4-5,8,11-12,14H,6-7,9-10H2,1-3H3. The fourth-order valence-electron chi connectivity index (χ4n) is 2.79. The van der Waals surface area contributed by atoms with Crippen LogP contribution in [0, 0.1) is 5.92 Å². The molecule has 0 aliphatic carbocycles. The lowest BCUT2D eigenvalue weighted by Gasteiger charge is -2.35. The Morgan fingerprint density at radius 1 is 1.42 bits per heavy atom. The van der Waals surface area contributed by atoms with Gasteiger partial charge in [0.1, 0.15) is 6.04 Å². The summed E-state index contributed by atoms with van der Waals surface area (Å²) in [7, 11) is 0. The Morgan fingerprint density at radius 2 is 2.25 bits per heavy atom. The molecule has 0 aromatic carbocycles. The van der Waals surface area contributed by atoms with Crippen LogP contribution in [0.15, 0.2) is 21.9 Å². The molecule has 3 heterocycles. The summed E-state index contributed by atoms with van der Waals surface area (Å²) in [6, 6.07) is 3.79. The zero-order valence-electron chi connectivity index (χ0n) is 14.3. The molecule has 0 spiro atoms. The van der Waals surface area contributed by atoms with Crippen molar-refractivity contribution < 1.29 is 13.9 Å². The molecule has 130 valence electrons. The Labute approximate surface area is 145 Å². The van der Waals surface area contributed by atoms with Crippen molar-refractivity contribution in [1.29, 1.82) is 0 Å². The van der Waals surface area contributed by atoms with Gasteiger partial charge in [0.05, 0.1) is 13.2 Å². The van der Waals surface area contributed by atoms with Crippen molar-refractivity contribution in [2.75, 3.05) is 19.8 Å². The van der Waals surface area contributed by atoms with Gasteiger partial charge in [0.25, 0.3) is 0 Å². The topological polar surface area (TPSA) is 68.5 Å². The molecule has 1 fully saturated rings. The van der Waals surface area contributed by atoms with E-state index in [4.69, 9.17) is 9.15 Å². The lowest BCUT2D eigenvalue weighted by molar-refractivity contribution is -0.145. The Balaban J connectivity index is 1.74. The maximum Gasteiger partial charge on any atom is 0.241 e. The lowest BCUT2D eigenvalue weighted by Crippen LogP contribution is -2.46. The lowest BCUT2D eigenvalue weighted by atomic mass is 10.0. The van der Waals surface area contributed by atoms with Crippen LogP contribution in [0.25, 0.3) is 0 Å². The quantitative estimate of drug-likeness (QED) is 0.830. The second-order valence-electron chi connectivity index (χ2n) is 6.44. The first-order valence-corrected chi connectivity index (χ1v) is 9.18. The van der Waals surface area contributed by atoms with E-state index in [1.165, 1.54) is 4.88 Å². The van der Waals surface area contributed by atoms with E-state index in [1.807, 2.05) is 37.1 Å². The number of morpholine rings is 1. The number of nitrogens with zero attached hydrogens (tertiary/aromatic N) is 3. The summed E-state index contributed by atoms with van der Waals surface area (Å²) in [5, 5.41) is 10.3. The van der Waals surface area contributed by atoms with Gasteiger partial charge in [-0.25, -0.2) is 0 Å². The molecule has 0 bridgehead atoms. The number of amides is 1. The van der Waals surface area contributed by atoms with E-state index < -0.39 is 0 Å². The van der Waals surface area contributed by atoms with Crippen LogP contribution in [0.3, 0.4) is 0 Å². The third kappa shape index (κ3) is 3.67. The van der Waals surface area contributed by atoms with E-state index >= 15 is 0 Å². The number of hydrogen-bond acceptors (Lipinski definition) is 6. The summed E-state index contributed by atoms with van der Waals surface area (Å²) in [5.41, 5.74) is 0. The van der Waals surface area contributed by atoms with E-state index in [1.54, 1.807) is 11.3 Å². The Kier molecular flexibility index (Phi) is 5.30. The third-order valence-electron chi connectivity index (χ3n) is 4.16. The van der Waals surface area contributed by atoms with Gasteiger partial charge in [0.15, 0.2) is 0 Å². The van der Waals surface area contributed by atoms with Crippen molar-refractivity contribution in [2.24, 2.45) is 5.92 Å². The molecule has 2 atom stereocenters. The zero-order chi connectivity index (χ0) is 17.1. The van der Waals surface area contributed by atoms with Crippen LogP contribution < -0.4 is 0 Å². The Hall–Kier alpha value is -1.73. The van der Waals surface area contributed by atoms with Crippen LogP contribution in [-0.2, 0) is 16.0 Å². The molecule has 1 amide bonds. The number of rotatable bonds is 5. The highest BCUT2D eigenvalue weighted by atomic mass is 32.1. The first-order valence-electron chi connectivity index (χ1n) is 8.30. The van der Waals surface area contributed by atoms with E-state index in [2.05, 4.69) is 16.3 Å². The monoisotopic (exact) mass is 349 g/mol.